The summed E-state index contributed by atoms with van der Waals surface area (Å²) in [7, 11) is -4.69. The number of benzene rings is 3. The molecule has 0 unspecified atom stereocenters. The van der Waals surface area contributed by atoms with Gasteiger partial charge in [0.15, 0.2) is 0 Å². The molecule has 3 aromatic carbocycles. The van der Waals surface area contributed by atoms with Crippen LogP contribution in [0, 0.1) is 0 Å². The van der Waals surface area contributed by atoms with Gasteiger partial charge < -0.3 is 4.57 Å². The number of rotatable bonds is 6. The van der Waals surface area contributed by atoms with Crippen LogP contribution in [0.3, 0.4) is 0 Å². The molecule has 0 bridgehead atoms. The molecule has 132 valence electrons. The van der Waals surface area contributed by atoms with Crippen molar-refractivity contribution in [2.24, 2.45) is 0 Å². The van der Waals surface area contributed by atoms with Crippen LogP contribution in [-0.2, 0) is 4.57 Å². The number of hydrogen-bond donors (Lipinski definition) is 0. The first kappa shape index (κ1) is 18.6. The van der Waals surface area contributed by atoms with E-state index in [-0.39, 0.29) is 0 Å². The van der Waals surface area contributed by atoms with Crippen LogP contribution in [0.5, 0.6) is 0 Å². The van der Waals surface area contributed by atoms with Gasteiger partial charge in [-0.15, -0.1) is 6.58 Å². The Kier molecular flexibility index (Phi) is 5.46. The molecule has 0 spiro atoms. The second-order valence-electron chi connectivity index (χ2n) is 7.16. The zero-order valence-electron chi connectivity index (χ0n) is 15.4. The zero-order chi connectivity index (χ0) is 18.6. The Hall–Kier alpha value is -2.15. The average Bonchev–Trinajstić information content (AvgIpc) is 2.70. The van der Waals surface area contributed by atoms with Crippen molar-refractivity contribution in [3.63, 3.8) is 0 Å². The molecule has 1 nitrogen and oxygen atoms in total. The maximum Gasteiger partial charge on any atom is 0.146 e. The Morgan fingerprint density at radius 1 is 0.769 bits per heavy atom. The van der Waals surface area contributed by atoms with Crippen molar-refractivity contribution in [2.45, 2.75) is 13.1 Å². The van der Waals surface area contributed by atoms with Crippen molar-refractivity contribution in [3.8, 4) is 0 Å². The molecule has 0 aromatic heterocycles. The van der Waals surface area contributed by atoms with E-state index in [2.05, 4.69) is 43.9 Å². The van der Waals surface area contributed by atoms with Crippen molar-refractivity contribution in [1.82, 2.24) is 0 Å². The molecule has 0 aliphatic rings. The molecule has 0 saturated carbocycles. The van der Waals surface area contributed by atoms with Crippen molar-refractivity contribution in [3.05, 3.63) is 103 Å². The van der Waals surface area contributed by atoms with Crippen LogP contribution in [0.25, 0.3) is 0 Å². The van der Waals surface area contributed by atoms with Gasteiger partial charge in [-0.25, -0.2) is 0 Å². The molecule has 0 fully saturated rings. The van der Waals surface area contributed by atoms with Crippen molar-refractivity contribution in [1.29, 1.82) is 0 Å². The van der Waals surface area contributed by atoms with E-state index in [4.69, 9.17) is 0 Å². The maximum absolute atomic E-state index is 14.3. The van der Waals surface area contributed by atoms with Gasteiger partial charge in [0.25, 0.3) is 0 Å². The third-order valence-electron chi connectivity index (χ3n) is 5.14. The van der Waals surface area contributed by atoms with E-state index in [0.717, 1.165) is 15.8 Å². The van der Waals surface area contributed by atoms with Crippen LogP contribution < -0.4 is 15.8 Å². The van der Waals surface area contributed by atoms with Crippen molar-refractivity contribution < 1.29 is 4.57 Å². The average molecular weight is 377 g/mol. The quantitative estimate of drug-likeness (QED) is 0.450. The Morgan fingerprint density at radius 3 is 1.58 bits per heavy atom. The van der Waals surface area contributed by atoms with E-state index >= 15 is 0 Å². The highest BCUT2D eigenvalue weighted by Gasteiger charge is 2.34. The third-order valence-corrected chi connectivity index (χ3v) is 12.2. The predicted octanol–water partition coefficient (Wildman–Crippen LogP) is 4.71. The van der Waals surface area contributed by atoms with Crippen molar-refractivity contribution >= 4 is 31.0 Å². The van der Waals surface area contributed by atoms with Gasteiger partial charge in [0.05, 0.1) is 0 Å². The minimum atomic E-state index is -2.76. The summed E-state index contributed by atoms with van der Waals surface area (Å²) in [6.07, 6.45) is 0.523. The molecular formula is C23H25OPSi. The molecule has 0 radical (unpaired) electrons. The number of hydrogen-bond acceptors (Lipinski definition) is 1. The van der Waals surface area contributed by atoms with Gasteiger partial charge in [0, 0.05) is 16.8 Å². The third kappa shape index (κ3) is 3.67. The lowest BCUT2D eigenvalue weighted by atomic mass is 10.4. The van der Waals surface area contributed by atoms with Gasteiger partial charge in [-0.1, -0.05) is 114 Å². The van der Waals surface area contributed by atoms with Crippen LogP contribution in [-0.4, -0.2) is 14.2 Å². The first-order valence-corrected chi connectivity index (χ1v) is 13.8. The van der Waals surface area contributed by atoms with Crippen LogP contribution in [0.15, 0.2) is 103 Å². The Labute approximate surface area is 157 Å². The molecule has 0 N–H and O–H groups in total. The standard InChI is InChI=1S/C23H25OPSi/c1-20(26(2,3)23-17-11-6-12-18-23)19-25(24,21-13-7-4-8-14-21)22-15-9-5-10-16-22/h4-18H,1,19H2,2-3H3. The Morgan fingerprint density at radius 2 is 1.15 bits per heavy atom. The molecule has 3 aromatic rings. The van der Waals surface area contributed by atoms with E-state index in [0.29, 0.717) is 6.16 Å². The predicted molar refractivity (Wildman–Crippen MR) is 117 cm³/mol. The van der Waals surface area contributed by atoms with Gasteiger partial charge in [0.2, 0.25) is 0 Å². The molecule has 0 amide bonds. The Balaban J connectivity index is 2.02. The summed E-state index contributed by atoms with van der Waals surface area (Å²) in [5.41, 5.74) is 0. The smallest absolute Gasteiger partial charge is 0.146 e. The molecule has 0 aliphatic carbocycles. The highest BCUT2D eigenvalue weighted by molar-refractivity contribution is 7.79. The minimum absolute atomic E-state index is 0.523. The molecule has 3 rings (SSSR count). The van der Waals surface area contributed by atoms with Crippen LogP contribution in [0.4, 0.5) is 0 Å². The first-order chi connectivity index (χ1) is 12.4. The van der Waals surface area contributed by atoms with Gasteiger partial charge in [0.1, 0.15) is 15.2 Å². The SMILES string of the molecule is C=C(CP(=O)(c1ccccc1)c1ccccc1)[Si](C)(C)c1ccccc1. The Bertz CT molecular complexity index is 875. The molecule has 0 heterocycles. The van der Waals surface area contributed by atoms with Crippen LogP contribution >= 0.6 is 7.14 Å². The summed E-state index contributed by atoms with van der Waals surface area (Å²) in [6, 6.07) is 30.3. The van der Waals surface area contributed by atoms with E-state index in [1.165, 1.54) is 5.19 Å². The summed E-state index contributed by atoms with van der Waals surface area (Å²) >= 11 is 0. The van der Waals surface area contributed by atoms with Gasteiger partial charge >= 0.3 is 0 Å². The lowest BCUT2D eigenvalue weighted by molar-refractivity contribution is 0.588. The lowest BCUT2D eigenvalue weighted by Crippen LogP contribution is -2.45. The van der Waals surface area contributed by atoms with Crippen LogP contribution in [0.2, 0.25) is 13.1 Å². The highest BCUT2D eigenvalue weighted by Crippen LogP contribution is 2.46. The highest BCUT2D eigenvalue weighted by atomic mass is 31.2. The van der Waals surface area contributed by atoms with E-state index in [1.807, 2.05) is 66.7 Å². The molecule has 0 aliphatic heterocycles. The summed E-state index contributed by atoms with van der Waals surface area (Å²) in [6.45, 7) is 9.02. The monoisotopic (exact) mass is 376 g/mol. The van der Waals surface area contributed by atoms with E-state index < -0.39 is 15.2 Å². The van der Waals surface area contributed by atoms with Crippen molar-refractivity contribution in [2.75, 3.05) is 6.16 Å². The number of allylic oxidation sites excluding steroid dienone is 1. The fourth-order valence-corrected chi connectivity index (χ4v) is 9.39. The van der Waals surface area contributed by atoms with E-state index in [9.17, 15) is 4.57 Å². The van der Waals surface area contributed by atoms with Gasteiger partial charge in [-0.3, -0.25) is 0 Å². The summed E-state index contributed by atoms with van der Waals surface area (Å²) < 4.78 is 14.3. The van der Waals surface area contributed by atoms with E-state index in [1.54, 1.807) is 0 Å². The van der Waals surface area contributed by atoms with Gasteiger partial charge in [-0.05, 0) is 0 Å². The molecular weight excluding hydrogens is 351 g/mol. The zero-order valence-corrected chi connectivity index (χ0v) is 17.3. The lowest BCUT2D eigenvalue weighted by Gasteiger charge is -2.29. The summed E-state index contributed by atoms with van der Waals surface area (Å²) in [5, 5.41) is 4.27. The topological polar surface area (TPSA) is 17.1 Å². The fraction of sp³-hybridized carbons (Fsp3) is 0.130. The van der Waals surface area contributed by atoms with Gasteiger partial charge in [-0.2, -0.15) is 0 Å². The molecule has 3 heteroatoms. The first-order valence-electron chi connectivity index (χ1n) is 8.89. The largest absolute Gasteiger partial charge is 0.313 e. The fourth-order valence-electron chi connectivity index (χ4n) is 3.19. The molecule has 0 atom stereocenters. The normalized spacial score (nSPS) is 11.9. The maximum atomic E-state index is 14.3. The second kappa shape index (κ2) is 7.61. The molecule has 0 saturated heterocycles. The summed E-state index contributed by atoms with van der Waals surface area (Å²) in [4.78, 5) is 0. The minimum Gasteiger partial charge on any atom is -0.313 e. The second-order valence-corrected chi connectivity index (χ2v) is 14.5. The molecule has 26 heavy (non-hydrogen) atoms. The van der Waals surface area contributed by atoms with Crippen LogP contribution in [0.1, 0.15) is 0 Å². The summed E-state index contributed by atoms with van der Waals surface area (Å²) in [5.74, 6) is 0.